The molecular formula is C32H27Cl2FN4O3S. The van der Waals surface area contributed by atoms with Crippen LogP contribution in [0.1, 0.15) is 33.4 Å². The van der Waals surface area contributed by atoms with Gasteiger partial charge in [0, 0.05) is 16.8 Å². The number of hydrogen-bond donors (Lipinski definition) is 1. The SMILES string of the molecule is COc1ccc(C(=O)NC(Cc2ccccc2)c2nnc(SCc3ccc(F)cc3)n2-c2ccc(Cl)cc2Cl)c(OC)c1. The molecule has 0 saturated heterocycles. The lowest BCUT2D eigenvalue weighted by Crippen LogP contribution is -2.32. The quantitative estimate of drug-likeness (QED) is 0.149. The number of aromatic nitrogens is 3. The number of nitrogens with zero attached hydrogens (tertiary/aromatic N) is 3. The van der Waals surface area contributed by atoms with Gasteiger partial charge in [0.15, 0.2) is 11.0 Å². The Hall–Kier alpha value is -4.05. The number of hydrogen-bond acceptors (Lipinski definition) is 6. The van der Waals surface area contributed by atoms with E-state index >= 15 is 0 Å². The van der Waals surface area contributed by atoms with Gasteiger partial charge < -0.3 is 14.8 Å². The summed E-state index contributed by atoms with van der Waals surface area (Å²) < 4.78 is 26.1. The third-order valence-electron chi connectivity index (χ3n) is 6.64. The van der Waals surface area contributed by atoms with Gasteiger partial charge in [0.05, 0.1) is 36.5 Å². The summed E-state index contributed by atoms with van der Waals surface area (Å²) in [6.07, 6.45) is 0.414. The van der Waals surface area contributed by atoms with Gasteiger partial charge >= 0.3 is 0 Å². The van der Waals surface area contributed by atoms with Gasteiger partial charge in [-0.1, -0.05) is 77.4 Å². The summed E-state index contributed by atoms with van der Waals surface area (Å²) in [6.45, 7) is 0. The fourth-order valence-electron chi connectivity index (χ4n) is 4.50. The van der Waals surface area contributed by atoms with Gasteiger partial charge in [-0.05, 0) is 60.0 Å². The third-order valence-corrected chi connectivity index (χ3v) is 8.18. The number of methoxy groups -OCH3 is 2. The van der Waals surface area contributed by atoms with Crippen LogP contribution in [0, 0.1) is 5.82 Å². The van der Waals surface area contributed by atoms with Crippen molar-refractivity contribution < 1.29 is 18.7 Å². The molecule has 220 valence electrons. The van der Waals surface area contributed by atoms with E-state index in [1.54, 1.807) is 55.6 Å². The molecule has 0 saturated carbocycles. The molecule has 1 atom stereocenters. The highest BCUT2D eigenvalue weighted by molar-refractivity contribution is 7.98. The van der Waals surface area contributed by atoms with Crippen molar-refractivity contribution in [1.82, 2.24) is 20.1 Å². The average Bonchev–Trinajstić information content (AvgIpc) is 3.44. The number of carbonyl (C=O) groups is 1. The van der Waals surface area contributed by atoms with Crippen LogP contribution in [0.25, 0.3) is 5.69 Å². The number of halogens is 3. The van der Waals surface area contributed by atoms with Crippen molar-refractivity contribution >= 4 is 40.9 Å². The van der Waals surface area contributed by atoms with E-state index in [1.165, 1.54) is 31.0 Å². The van der Waals surface area contributed by atoms with Gasteiger partial charge in [-0.2, -0.15) is 0 Å². The minimum Gasteiger partial charge on any atom is -0.497 e. The van der Waals surface area contributed by atoms with Gasteiger partial charge in [-0.3, -0.25) is 9.36 Å². The van der Waals surface area contributed by atoms with Crippen LogP contribution in [-0.2, 0) is 12.2 Å². The number of thioether (sulfide) groups is 1. The zero-order valence-corrected chi connectivity index (χ0v) is 25.6. The Morgan fingerprint density at radius 2 is 1.70 bits per heavy atom. The van der Waals surface area contributed by atoms with Crippen molar-refractivity contribution in [3.63, 3.8) is 0 Å². The predicted molar refractivity (Wildman–Crippen MR) is 167 cm³/mol. The number of carbonyl (C=O) groups excluding carboxylic acids is 1. The minimum absolute atomic E-state index is 0.305. The topological polar surface area (TPSA) is 78.3 Å². The number of nitrogens with one attached hydrogen (secondary N) is 1. The Morgan fingerprint density at radius 1 is 0.930 bits per heavy atom. The monoisotopic (exact) mass is 636 g/mol. The molecule has 1 heterocycles. The molecule has 0 radical (unpaired) electrons. The van der Waals surface area contributed by atoms with Crippen LogP contribution in [-0.4, -0.2) is 34.9 Å². The van der Waals surface area contributed by atoms with Crippen LogP contribution in [0.2, 0.25) is 10.0 Å². The van der Waals surface area contributed by atoms with Crippen LogP contribution in [0.15, 0.2) is 96.2 Å². The normalized spacial score (nSPS) is 11.7. The summed E-state index contributed by atoms with van der Waals surface area (Å²) in [7, 11) is 3.04. The van der Waals surface area contributed by atoms with E-state index in [9.17, 15) is 9.18 Å². The summed E-state index contributed by atoms with van der Waals surface area (Å²) >= 11 is 14.3. The Kier molecular flexibility index (Phi) is 9.86. The molecule has 1 aromatic heterocycles. The summed E-state index contributed by atoms with van der Waals surface area (Å²) in [4.78, 5) is 13.7. The number of benzene rings is 4. The molecule has 5 aromatic rings. The summed E-state index contributed by atoms with van der Waals surface area (Å²) in [6, 6.07) is 25.6. The molecule has 4 aromatic carbocycles. The molecule has 11 heteroatoms. The zero-order chi connectivity index (χ0) is 30.3. The Morgan fingerprint density at radius 3 is 2.40 bits per heavy atom. The second-order valence-electron chi connectivity index (χ2n) is 9.47. The molecule has 5 rings (SSSR count). The van der Waals surface area contributed by atoms with Crippen molar-refractivity contribution in [2.24, 2.45) is 0 Å². The molecule has 1 unspecified atom stereocenters. The van der Waals surface area contributed by atoms with E-state index in [0.29, 0.717) is 55.9 Å². The largest absolute Gasteiger partial charge is 0.497 e. The van der Waals surface area contributed by atoms with Gasteiger partial charge in [0.2, 0.25) is 0 Å². The lowest BCUT2D eigenvalue weighted by molar-refractivity contribution is 0.0931. The van der Waals surface area contributed by atoms with Crippen molar-refractivity contribution in [2.75, 3.05) is 14.2 Å². The molecule has 0 bridgehead atoms. The zero-order valence-electron chi connectivity index (χ0n) is 23.3. The highest BCUT2D eigenvalue weighted by Gasteiger charge is 2.27. The Labute approximate surface area is 263 Å². The maximum absolute atomic E-state index is 13.7. The number of rotatable bonds is 11. The molecule has 0 fully saturated rings. The fraction of sp³-hybridized carbons (Fsp3) is 0.156. The maximum atomic E-state index is 13.7. The van der Waals surface area contributed by atoms with Crippen LogP contribution < -0.4 is 14.8 Å². The van der Waals surface area contributed by atoms with Crippen LogP contribution in [0.5, 0.6) is 11.5 Å². The first kappa shape index (κ1) is 30.4. The van der Waals surface area contributed by atoms with E-state index in [4.69, 9.17) is 32.7 Å². The summed E-state index contributed by atoms with van der Waals surface area (Å²) in [5.41, 5.74) is 2.82. The lowest BCUT2D eigenvalue weighted by atomic mass is 10.0. The smallest absolute Gasteiger partial charge is 0.255 e. The van der Waals surface area contributed by atoms with E-state index in [2.05, 4.69) is 15.5 Å². The van der Waals surface area contributed by atoms with E-state index < -0.39 is 6.04 Å². The molecule has 0 spiro atoms. The average molecular weight is 638 g/mol. The first-order chi connectivity index (χ1) is 20.9. The van der Waals surface area contributed by atoms with E-state index in [0.717, 1.165) is 11.1 Å². The number of ether oxygens (including phenoxy) is 2. The van der Waals surface area contributed by atoms with Crippen LogP contribution >= 0.6 is 35.0 Å². The van der Waals surface area contributed by atoms with Crippen molar-refractivity contribution in [2.45, 2.75) is 23.4 Å². The van der Waals surface area contributed by atoms with Crippen molar-refractivity contribution in [3.8, 4) is 17.2 Å². The Bertz CT molecular complexity index is 1720. The third kappa shape index (κ3) is 7.30. The van der Waals surface area contributed by atoms with Crippen molar-refractivity contribution in [3.05, 3.63) is 129 Å². The molecule has 43 heavy (non-hydrogen) atoms. The van der Waals surface area contributed by atoms with Gasteiger partial charge in [-0.15, -0.1) is 10.2 Å². The molecule has 0 aliphatic carbocycles. The van der Waals surface area contributed by atoms with Crippen LogP contribution in [0.4, 0.5) is 4.39 Å². The molecule has 7 nitrogen and oxygen atoms in total. The maximum Gasteiger partial charge on any atom is 0.255 e. The van der Waals surface area contributed by atoms with Crippen LogP contribution in [0.3, 0.4) is 0 Å². The van der Waals surface area contributed by atoms with Gasteiger partial charge in [0.25, 0.3) is 5.91 Å². The second kappa shape index (κ2) is 13.9. The fourth-order valence-corrected chi connectivity index (χ4v) is 5.90. The van der Waals surface area contributed by atoms with E-state index in [1.807, 2.05) is 34.9 Å². The highest BCUT2D eigenvalue weighted by Crippen LogP contribution is 2.34. The minimum atomic E-state index is -0.624. The number of amides is 1. The standard InChI is InChI=1S/C32H27Cl2FN4O3S/c1-41-24-13-14-25(29(18-24)42-2)31(40)36-27(16-20-6-4-3-5-7-20)30-37-38-32(43-19-21-8-11-23(35)12-9-21)39(30)28-15-10-22(33)17-26(28)34/h3-15,17-18,27H,16,19H2,1-2H3,(H,36,40). The first-order valence-corrected chi connectivity index (χ1v) is 14.9. The van der Waals surface area contributed by atoms with Gasteiger partial charge in [0.1, 0.15) is 17.3 Å². The summed E-state index contributed by atoms with van der Waals surface area (Å²) in [5.74, 6) is 1.23. The molecule has 1 N–H and O–H groups in total. The molecule has 0 aliphatic heterocycles. The highest BCUT2D eigenvalue weighted by atomic mass is 35.5. The predicted octanol–water partition coefficient (Wildman–Crippen LogP) is 7.74. The van der Waals surface area contributed by atoms with Gasteiger partial charge in [-0.25, -0.2) is 4.39 Å². The lowest BCUT2D eigenvalue weighted by Gasteiger charge is -2.21. The Balaban J connectivity index is 1.57. The second-order valence-corrected chi connectivity index (χ2v) is 11.3. The molecule has 0 aliphatic rings. The first-order valence-electron chi connectivity index (χ1n) is 13.2. The molecular weight excluding hydrogens is 610 g/mol. The molecule has 1 amide bonds. The van der Waals surface area contributed by atoms with Crippen molar-refractivity contribution in [1.29, 1.82) is 0 Å². The van der Waals surface area contributed by atoms with E-state index in [-0.39, 0.29) is 11.7 Å². The summed E-state index contributed by atoms with van der Waals surface area (Å²) in [5, 5.41) is 13.6.